The maximum atomic E-state index is 12.8. The fraction of sp³-hybridized carbons (Fsp3) is 0.118. The molecule has 3 rings (SSSR count). The molecule has 3 aromatic rings. The Hall–Kier alpha value is -2.94. The summed E-state index contributed by atoms with van der Waals surface area (Å²) in [6, 6.07) is 5.07. The van der Waals surface area contributed by atoms with Gasteiger partial charge in [-0.2, -0.15) is 13.2 Å². The van der Waals surface area contributed by atoms with Crippen molar-refractivity contribution in [2.75, 3.05) is 5.32 Å². The number of nitrogens with one attached hydrogen (secondary N) is 1. The van der Waals surface area contributed by atoms with E-state index in [0.29, 0.717) is 21.3 Å². The lowest BCUT2D eigenvalue weighted by Crippen LogP contribution is -2.10. The lowest BCUT2D eigenvalue weighted by Gasteiger charge is -2.09. The van der Waals surface area contributed by atoms with Crippen LogP contribution in [-0.2, 0) is 12.7 Å². The van der Waals surface area contributed by atoms with Crippen LogP contribution in [0.15, 0.2) is 49.6 Å². The minimum Gasteiger partial charge on any atom is -0.331 e. The van der Waals surface area contributed by atoms with E-state index in [1.165, 1.54) is 29.9 Å². The number of anilines is 1. The van der Waals surface area contributed by atoms with Gasteiger partial charge in [0.2, 0.25) is 0 Å². The number of hydrogen-bond donors (Lipinski definition) is 1. The van der Waals surface area contributed by atoms with Gasteiger partial charge in [-0.15, -0.1) is 11.3 Å². The van der Waals surface area contributed by atoms with Crippen LogP contribution in [0.1, 0.15) is 25.8 Å². The number of carbonyl (C=O) groups is 1. The molecule has 0 aliphatic carbocycles. The van der Waals surface area contributed by atoms with Gasteiger partial charge in [0.25, 0.3) is 5.91 Å². The Morgan fingerprint density at radius 1 is 1.35 bits per heavy atom. The molecule has 0 aliphatic rings. The zero-order valence-corrected chi connectivity index (χ0v) is 14.1. The van der Waals surface area contributed by atoms with Crippen LogP contribution in [0.2, 0.25) is 0 Å². The first-order valence-corrected chi connectivity index (χ1v) is 8.24. The number of benzene rings is 1. The Labute approximate surface area is 150 Å². The van der Waals surface area contributed by atoms with Gasteiger partial charge in [0.15, 0.2) is 5.82 Å². The minimum atomic E-state index is -4.39. The summed E-state index contributed by atoms with van der Waals surface area (Å²) in [5, 5.41) is 3.25. The van der Waals surface area contributed by atoms with Crippen LogP contribution in [0.5, 0.6) is 0 Å². The number of carbonyl (C=O) groups excluding carboxylic acids is 1. The molecule has 1 N–H and O–H groups in total. The van der Waals surface area contributed by atoms with Crippen LogP contribution in [0.25, 0.3) is 6.08 Å². The van der Waals surface area contributed by atoms with Gasteiger partial charge >= 0.3 is 6.18 Å². The Bertz CT molecular complexity index is 945. The summed E-state index contributed by atoms with van der Waals surface area (Å²) in [5.41, 5.74) is -0.222. The van der Waals surface area contributed by atoms with Crippen molar-refractivity contribution >= 4 is 29.1 Å². The SMILES string of the molecule is C=Cc1ncc(C(=O)Nc2cn(Cc3cccc(C(F)(F)F)c3)cn2)s1. The van der Waals surface area contributed by atoms with E-state index in [1.807, 2.05) is 0 Å². The highest BCUT2D eigenvalue weighted by Gasteiger charge is 2.30. The fourth-order valence-corrected chi connectivity index (χ4v) is 2.90. The number of thiazole rings is 1. The van der Waals surface area contributed by atoms with Crippen molar-refractivity contribution in [1.29, 1.82) is 0 Å². The number of amides is 1. The summed E-state index contributed by atoms with van der Waals surface area (Å²) in [7, 11) is 0. The molecule has 134 valence electrons. The first-order valence-electron chi connectivity index (χ1n) is 7.42. The molecule has 2 heterocycles. The highest BCUT2D eigenvalue weighted by Crippen LogP contribution is 2.29. The standard InChI is InChI=1S/C17H13F3N4OS/c1-2-15-21-7-13(26-15)16(25)23-14-9-24(10-22-14)8-11-4-3-5-12(6-11)17(18,19)20/h2-7,9-10H,1,8H2,(H,23,25). The number of imidazole rings is 1. The van der Waals surface area contributed by atoms with Gasteiger partial charge in [-0.1, -0.05) is 18.7 Å². The molecule has 9 heteroatoms. The number of halogens is 3. The molecule has 0 aliphatic heterocycles. The molecule has 0 unspecified atom stereocenters. The molecule has 0 spiro atoms. The Morgan fingerprint density at radius 2 is 2.15 bits per heavy atom. The number of nitrogens with zero attached hydrogens (tertiary/aromatic N) is 3. The van der Waals surface area contributed by atoms with Gasteiger partial charge in [0.1, 0.15) is 9.88 Å². The largest absolute Gasteiger partial charge is 0.416 e. The van der Waals surface area contributed by atoms with Gasteiger partial charge in [0, 0.05) is 12.7 Å². The summed E-state index contributed by atoms with van der Waals surface area (Å²) >= 11 is 1.19. The number of rotatable bonds is 5. The summed E-state index contributed by atoms with van der Waals surface area (Å²) in [5.74, 6) is -0.0598. The zero-order chi connectivity index (χ0) is 18.7. The van der Waals surface area contributed by atoms with E-state index >= 15 is 0 Å². The number of aromatic nitrogens is 3. The maximum absolute atomic E-state index is 12.8. The van der Waals surface area contributed by atoms with Crippen LogP contribution >= 0.6 is 11.3 Å². The zero-order valence-electron chi connectivity index (χ0n) is 13.3. The third-order valence-electron chi connectivity index (χ3n) is 3.42. The number of hydrogen-bond acceptors (Lipinski definition) is 4. The lowest BCUT2D eigenvalue weighted by atomic mass is 10.1. The van der Waals surface area contributed by atoms with Crippen molar-refractivity contribution in [2.24, 2.45) is 0 Å². The van der Waals surface area contributed by atoms with E-state index in [-0.39, 0.29) is 12.5 Å². The van der Waals surface area contributed by atoms with Crippen molar-refractivity contribution in [1.82, 2.24) is 14.5 Å². The number of alkyl halides is 3. The van der Waals surface area contributed by atoms with E-state index in [4.69, 9.17) is 0 Å². The molecular weight excluding hydrogens is 365 g/mol. The van der Waals surface area contributed by atoms with Gasteiger partial charge in [0.05, 0.1) is 18.1 Å². The summed E-state index contributed by atoms with van der Waals surface area (Å²) in [6.45, 7) is 3.78. The van der Waals surface area contributed by atoms with Gasteiger partial charge < -0.3 is 9.88 Å². The van der Waals surface area contributed by atoms with Crippen LogP contribution in [0.4, 0.5) is 19.0 Å². The van der Waals surface area contributed by atoms with E-state index < -0.39 is 11.7 Å². The second-order valence-corrected chi connectivity index (χ2v) is 6.41. The van der Waals surface area contributed by atoms with Crippen molar-refractivity contribution in [2.45, 2.75) is 12.7 Å². The highest BCUT2D eigenvalue weighted by atomic mass is 32.1. The third-order valence-corrected chi connectivity index (χ3v) is 4.41. The first-order chi connectivity index (χ1) is 12.3. The lowest BCUT2D eigenvalue weighted by molar-refractivity contribution is -0.137. The molecule has 0 atom stereocenters. The first kappa shape index (κ1) is 17.9. The average Bonchev–Trinajstić information content (AvgIpc) is 3.23. The van der Waals surface area contributed by atoms with Crippen LogP contribution < -0.4 is 5.32 Å². The Balaban J connectivity index is 1.68. The third kappa shape index (κ3) is 4.17. The molecule has 5 nitrogen and oxygen atoms in total. The van der Waals surface area contributed by atoms with Gasteiger partial charge in [-0.25, -0.2) is 9.97 Å². The molecule has 1 aromatic carbocycles. The predicted molar refractivity (Wildman–Crippen MR) is 92.9 cm³/mol. The molecule has 1 amide bonds. The normalized spacial score (nSPS) is 11.3. The molecule has 0 saturated heterocycles. The van der Waals surface area contributed by atoms with Crippen LogP contribution in [0, 0.1) is 0 Å². The fourth-order valence-electron chi connectivity index (χ4n) is 2.23. The van der Waals surface area contributed by atoms with E-state index in [9.17, 15) is 18.0 Å². The second kappa shape index (κ2) is 7.12. The quantitative estimate of drug-likeness (QED) is 0.720. The Morgan fingerprint density at radius 3 is 2.85 bits per heavy atom. The topological polar surface area (TPSA) is 59.8 Å². The van der Waals surface area contributed by atoms with Gasteiger partial charge in [-0.3, -0.25) is 4.79 Å². The smallest absolute Gasteiger partial charge is 0.331 e. The van der Waals surface area contributed by atoms with Crippen molar-refractivity contribution in [3.05, 3.63) is 70.6 Å². The van der Waals surface area contributed by atoms with Crippen molar-refractivity contribution < 1.29 is 18.0 Å². The highest BCUT2D eigenvalue weighted by molar-refractivity contribution is 7.14. The molecule has 0 bridgehead atoms. The average molecular weight is 378 g/mol. The summed E-state index contributed by atoms with van der Waals surface area (Å²) in [6.07, 6.45) is 1.59. The monoisotopic (exact) mass is 378 g/mol. The summed E-state index contributed by atoms with van der Waals surface area (Å²) < 4.78 is 39.9. The molecule has 0 fully saturated rings. The van der Waals surface area contributed by atoms with Gasteiger partial charge in [-0.05, 0) is 23.8 Å². The molecule has 2 aromatic heterocycles. The van der Waals surface area contributed by atoms with Crippen LogP contribution in [0.3, 0.4) is 0 Å². The molecule has 26 heavy (non-hydrogen) atoms. The van der Waals surface area contributed by atoms with Crippen LogP contribution in [-0.4, -0.2) is 20.4 Å². The minimum absolute atomic E-state index is 0.202. The molecular formula is C17H13F3N4OS. The van der Waals surface area contributed by atoms with Crippen molar-refractivity contribution in [3.63, 3.8) is 0 Å². The van der Waals surface area contributed by atoms with E-state index in [0.717, 1.165) is 12.1 Å². The second-order valence-electron chi connectivity index (χ2n) is 5.35. The van der Waals surface area contributed by atoms with E-state index in [2.05, 4.69) is 21.9 Å². The molecule has 0 saturated carbocycles. The Kier molecular flexibility index (Phi) is 4.90. The summed E-state index contributed by atoms with van der Waals surface area (Å²) in [4.78, 5) is 20.6. The molecule has 0 radical (unpaired) electrons. The van der Waals surface area contributed by atoms with Crippen molar-refractivity contribution in [3.8, 4) is 0 Å². The van der Waals surface area contributed by atoms with E-state index in [1.54, 1.807) is 22.9 Å². The predicted octanol–water partition coefficient (Wildman–Crippen LogP) is 4.30. The maximum Gasteiger partial charge on any atom is 0.416 e.